The van der Waals surface area contributed by atoms with Crippen molar-refractivity contribution in [3.63, 3.8) is 0 Å². The molecule has 0 radical (unpaired) electrons. The molecular formula is C17H32NO4P. The van der Waals surface area contributed by atoms with E-state index in [0.29, 0.717) is 13.0 Å². The molecule has 0 aromatic rings. The number of nitrogens with zero attached hydrogens (tertiary/aromatic N) is 1. The summed E-state index contributed by atoms with van der Waals surface area (Å²) in [6.07, 6.45) is 10.6. The predicted molar refractivity (Wildman–Crippen MR) is 96.8 cm³/mol. The van der Waals surface area contributed by atoms with Crippen LogP contribution in [0, 0.1) is 24.7 Å². The van der Waals surface area contributed by atoms with Gasteiger partial charge >= 0.3 is 0 Å². The maximum absolute atomic E-state index is 7.48. The summed E-state index contributed by atoms with van der Waals surface area (Å²) in [5.41, 5.74) is 0. The average Bonchev–Trinajstić information content (AvgIpc) is 2.54. The molecule has 0 heterocycles. The van der Waals surface area contributed by atoms with Gasteiger partial charge in [-0.15, -0.1) is 18.8 Å². The van der Waals surface area contributed by atoms with Gasteiger partial charge in [-0.25, -0.2) is 4.67 Å². The van der Waals surface area contributed by atoms with E-state index >= 15 is 0 Å². The average molecular weight is 348 g/mol. The Balaban J connectivity index is 0. The number of terminal acetylenes is 2. The van der Waals surface area contributed by atoms with Gasteiger partial charge in [0.15, 0.2) is 0 Å². The van der Waals surface area contributed by atoms with Gasteiger partial charge in [-0.1, -0.05) is 5.92 Å². The minimum absolute atomic E-state index is 0.0958. The van der Waals surface area contributed by atoms with Gasteiger partial charge in [0.25, 0.3) is 8.53 Å². The molecule has 0 fully saturated rings. The Bertz CT molecular complexity index is 378. The SMILES string of the molecule is [2H]C[C@@H](COP(OCCC#C)N(C(C)C)C(C)C)OCC#C.[3H]OC. The topological polar surface area (TPSA) is 51.2 Å². The molecule has 23 heavy (non-hydrogen) atoms. The third-order valence-corrected chi connectivity index (χ3v) is 4.54. The van der Waals surface area contributed by atoms with Crippen LogP contribution in [0.1, 0.15) is 42.4 Å². The van der Waals surface area contributed by atoms with Crippen LogP contribution in [0.5, 0.6) is 0 Å². The van der Waals surface area contributed by atoms with Gasteiger partial charge in [-0.3, -0.25) is 0 Å². The monoisotopic (exact) mass is 348 g/mol. The van der Waals surface area contributed by atoms with Crippen molar-refractivity contribution in [1.29, 1.82) is 1.43 Å². The van der Waals surface area contributed by atoms with Gasteiger partial charge in [0.1, 0.15) is 6.61 Å². The Labute approximate surface area is 146 Å². The van der Waals surface area contributed by atoms with Crippen molar-refractivity contribution in [2.24, 2.45) is 0 Å². The summed E-state index contributed by atoms with van der Waals surface area (Å²) in [4.78, 5) is 0. The van der Waals surface area contributed by atoms with E-state index in [-0.39, 0.29) is 38.3 Å². The smallest absolute Gasteiger partial charge is 0.259 e. The summed E-state index contributed by atoms with van der Waals surface area (Å²) < 4.78 is 32.5. The highest BCUT2D eigenvalue weighted by molar-refractivity contribution is 7.44. The molecule has 0 rings (SSSR count). The number of aliphatic hydroxyl groups excluding tert-OH is 1. The van der Waals surface area contributed by atoms with E-state index in [9.17, 15) is 0 Å². The molecule has 5 nitrogen and oxygen atoms in total. The zero-order chi connectivity index (χ0) is 19.7. The molecule has 0 aliphatic carbocycles. The highest BCUT2D eigenvalue weighted by Gasteiger charge is 2.27. The number of hydrogen-bond donors (Lipinski definition) is 1. The van der Waals surface area contributed by atoms with E-state index in [0.717, 1.165) is 0 Å². The lowest BCUT2D eigenvalue weighted by Crippen LogP contribution is -2.34. The van der Waals surface area contributed by atoms with Gasteiger partial charge in [0, 0.05) is 27.0 Å². The minimum atomic E-state index is -1.25. The zero-order valence-corrected chi connectivity index (χ0v) is 15.8. The number of rotatable bonds is 11. The van der Waals surface area contributed by atoms with Crippen molar-refractivity contribution in [2.75, 3.05) is 26.9 Å². The fourth-order valence-electron chi connectivity index (χ4n) is 1.69. The molecule has 134 valence electrons. The van der Waals surface area contributed by atoms with Crippen molar-refractivity contribution in [1.82, 2.24) is 4.67 Å². The van der Waals surface area contributed by atoms with Gasteiger partial charge in [-0.05, 0) is 34.6 Å². The van der Waals surface area contributed by atoms with E-state index in [1.54, 1.807) is 0 Å². The van der Waals surface area contributed by atoms with Crippen molar-refractivity contribution < 1.29 is 20.3 Å². The van der Waals surface area contributed by atoms with Gasteiger partial charge in [-0.2, -0.15) is 0 Å². The molecule has 0 saturated carbocycles. The van der Waals surface area contributed by atoms with Crippen molar-refractivity contribution in [3.05, 3.63) is 0 Å². The Kier molecular flexibility index (Phi) is 14.4. The molecule has 1 N–H and O–H groups in total. The standard InChI is InChI=1S/C16H28NO3P.CH4O/c1-8-10-12-19-21(17(14(3)4)15(5)6)20-13-16(7)18-11-9-2;1-2/h1-2,14-16H,10-13H2,3-7H3;2H,1H3/t16-,21?;/m0./s1/i7D;2T. The highest BCUT2D eigenvalue weighted by atomic mass is 31.2. The number of ether oxygens (including phenoxy) is 1. The normalized spacial score (nSPS) is 14.3. The second kappa shape index (κ2) is 16.2. The first-order chi connectivity index (χ1) is 11.9. The molecule has 0 saturated heterocycles. The fraction of sp³-hybridized carbons (Fsp3) is 0.765. The number of aliphatic hydroxyl groups is 1. The van der Waals surface area contributed by atoms with Crippen LogP contribution in [0.25, 0.3) is 0 Å². The van der Waals surface area contributed by atoms with Crippen LogP contribution in [0.2, 0.25) is 0 Å². The van der Waals surface area contributed by atoms with Crippen LogP contribution in [-0.2, 0) is 13.8 Å². The van der Waals surface area contributed by atoms with Crippen LogP contribution < -0.4 is 0 Å². The first-order valence-corrected chi connectivity index (χ1v) is 8.63. The van der Waals surface area contributed by atoms with Crippen molar-refractivity contribution in [3.8, 4) is 24.7 Å². The molecule has 0 aliphatic rings. The summed E-state index contributed by atoms with van der Waals surface area (Å²) in [6, 6.07) is 0.552. The molecule has 2 atom stereocenters. The van der Waals surface area contributed by atoms with E-state index < -0.39 is 8.53 Å². The van der Waals surface area contributed by atoms with Crippen molar-refractivity contribution >= 4 is 8.53 Å². The van der Waals surface area contributed by atoms with Gasteiger partial charge in [0.2, 0.25) is 1.43 Å². The summed E-state index contributed by atoms with van der Waals surface area (Å²) in [5.74, 6) is 4.96. The molecule has 0 amide bonds. The van der Waals surface area contributed by atoms with Crippen LogP contribution in [0.4, 0.5) is 0 Å². The maximum Gasteiger partial charge on any atom is 0.259 e. The Morgan fingerprint density at radius 2 is 1.87 bits per heavy atom. The van der Waals surface area contributed by atoms with Crippen molar-refractivity contribution in [2.45, 2.75) is 59.2 Å². The second-order valence-electron chi connectivity index (χ2n) is 5.03. The third kappa shape index (κ3) is 12.4. The van der Waals surface area contributed by atoms with Crippen LogP contribution in [-0.4, -0.2) is 56.3 Å². The second-order valence-corrected chi connectivity index (χ2v) is 6.48. The van der Waals surface area contributed by atoms with E-state index in [4.69, 9.17) is 29.4 Å². The number of hydrogen-bond acceptors (Lipinski definition) is 5. The van der Waals surface area contributed by atoms with Gasteiger partial charge in [0.05, 0.1) is 19.3 Å². The summed E-state index contributed by atoms with van der Waals surface area (Å²) >= 11 is 0. The summed E-state index contributed by atoms with van der Waals surface area (Å²) in [7, 11) is 0.0466. The Morgan fingerprint density at radius 3 is 2.30 bits per heavy atom. The largest absolute Gasteiger partial charge is 0.400 e. The maximum atomic E-state index is 7.48. The summed E-state index contributed by atoms with van der Waals surface area (Å²) in [5, 5.41) is 3.50. The third-order valence-electron chi connectivity index (χ3n) is 2.47. The van der Waals surface area contributed by atoms with Crippen LogP contribution in [0.3, 0.4) is 0 Å². The molecule has 0 aromatic carbocycles. The molecule has 1 unspecified atom stereocenters. The molecule has 0 spiro atoms. The molecule has 0 aromatic heterocycles. The van der Waals surface area contributed by atoms with Crippen LogP contribution in [0.15, 0.2) is 0 Å². The first-order valence-electron chi connectivity index (χ1n) is 8.62. The lowest BCUT2D eigenvalue weighted by Gasteiger charge is -2.36. The van der Waals surface area contributed by atoms with E-state index in [2.05, 4.69) is 49.3 Å². The zero-order valence-electron chi connectivity index (χ0n) is 16.9. The molecular weight excluding hydrogens is 313 g/mol. The Hall–Kier alpha value is -0.650. The van der Waals surface area contributed by atoms with Crippen LogP contribution >= 0.6 is 8.53 Å². The summed E-state index contributed by atoms with van der Waals surface area (Å²) in [6.45, 7) is 9.40. The van der Waals surface area contributed by atoms with E-state index in [1.165, 1.54) is 7.11 Å². The predicted octanol–water partition coefficient (Wildman–Crippen LogP) is 3.04. The fourth-order valence-corrected chi connectivity index (χ4v) is 3.32. The Morgan fingerprint density at radius 1 is 1.26 bits per heavy atom. The molecule has 6 heteroatoms. The lowest BCUT2D eigenvalue weighted by molar-refractivity contribution is 0.0441. The first kappa shape index (κ1) is 20.4. The van der Waals surface area contributed by atoms with Gasteiger partial charge < -0.3 is 18.9 Å². The quantitative estimate of drug-likeness (QED) is 0.353. The highest BCUT2D eigenvalue weighted by Crippen LogP contribution is 2.46. The van der Waals surface area contributed by atoms with E-state index in [1.807, 2.05) is 0 Å². The lowest BCUT2D eigenvalue weighted by atomic mass is 10.3. The molecule has 0 bridgehead atoms. The minimum Gasteiger partial charge on any atom is -0.400 e. The molecule has 0 aliphatic heterocycles.